The summed E-state index contributed by atoms with van der Waals surface area (Å²) < 4.78 is 0.800. The Hall–Kier alpha value is -1.62. The molecule has 5 heteroatoms. The predicted molar refractivity (Wildman–Crippen MR) is 58.0 cm³/mol. The van der Waals surface area contributed by atoms with E-state index in [4.69, 9.17) is 5.11 Å². The normalized spacial score (nSPS) is 10.5. The Kier molecular flexibility index (Phi) is 2.32. The topological polar surface area (TPSA) is 70.2 Å². The van der Waals surface area contributed by atoms with Crippen molar-refractivity contribution in [3.8, 4) is 0 Å². The van der Waals surface area contributed by atoms with Gasteiger partial charge in [0.05, 0.1) is 5.56 Å². The Balaban J connectivity index is 2.67. The van der Waals surface area contributed by atoms with Crippen molar-refractivity contribution in [1.29, 1.82) is 0 Å². The van der Waals surface area contributed by atoms with E-state index in [0.29, 0.717) is 5.39 Å². The van der Waals surface area contributed by atoms with E-state index in [2.05, 4.69) is 20.9 Å². The summed E-state index contributed by atoms with van der Waals surface area (Å²) in [5.74, 6) is -2.35. The SMILES string of the molecule is O=C(O)C(=O)c1c[nH]c2ccc(Br)cc12. The first-order valence-corrected chi connectivity index (χ1v) is 4.93. The molecule has 1 aromatic carbocycles. The third-order valence-corrected chi connectivity index (χ3v) is 2.58. The maximum absolute atomic E-state index is 11.3. The summed E-state index contributed by atoms with van der Waals surface area (Å²) in [6.07, 6.45) is 1.41. The van der Waals surface area contributed by atoms with Crippen LogP contribution in [0.2, 0.25) is 0 Å². The Morgan fingerprint density at radius 3 is 2.73 bits per heavy atom. The van der Waals surface area contributed by atoms with E-state index in [1.807, 2.05) is 6.07 Å². The van der Waals surface area contributed by atoms with E-state index in [9.17, 15) is 9.59 Å². The van der Waals surface area contributed by atoms with Crippen LogP contribution in [0.1, 0.15) is 10.4 Å². The molecule has 0 fully saturated rings. The number of aromatic nitrogens is 1. The molecule has 0 saturated carbocycles. The van der Waals surface area contributed by atoms with Crippen LogP contribution in [-0.2, 0) is 4.79 Å². The van der Waals surface area contributed by atoms with Gasteiger partial charge in [-0.05, 0) is 18.2 Å². The molecule has 0 radical (unpaired) electrons. The molecule has 0 saturated heterocycles. The van der Waals surface area contributed by atoms with Crippen LogP contribution in [0.15, 0.2) is 28.9 Å². The zero-order valence-corrected chi connectivity index (χ0v) is 9.04. The van der Waals surface area contributed by atoms with E-state index in [-0.39, 0.29) is 5.56 Å². The Bertz CT molecular complexity index is 559. The molecule has 1 aromatic heterocycles. The van der Waals surface area contributed by atoms with Crippen molar-refractivity contribution in [2.24, 2.45) is 0 Å². The fourth-order valence-electron chi connectivity index (χ4n) is 1.40. The first kappa shape index (κ1) is 9.92. The molecule has 0 atom stereocenters. The molecule has 76 valence electrons. The van der Waals surface area contributed by atoms with E-state index in [1.165, 1.54) is 6.20 Å². The lowest BCUT2D eigenvalue weighted by molar-refractivity contribution is -0.131. The number of fused-ring (bicyclic) bond motifs is 1. The minimum absolute atomic E-state index is 0.179. The summed E-state index contributed by atoms with van der Waals surface area (Å²) in [5, 5.41) is 9.22. The zero-order valence-electron chi connectivity index (χ0n) is 7.45. The Labute approximate surface area is 93.0 Å². The van der Waals surface area contributed by atoms with Crippen LogP contribution >= 0.6 is 15.9 Å². The monoisotopic (exact) mass is 267 g/mol. The van der Waals surface area contributed by atoms with Crippen molar-refractivity contribution in [2.75, 3.05) is 0 Å². The fraction of sp³-hybridized carbons (Fsp3) is 0. The van der Waals surface area contributed by atoms with Crippen LogP contribution in [0, 0.1) is 0 Å². The van der Waals surface area contributed by atoms with E-state index in [1.54, 1.807) is 12.1 Å². The lowest BCUT2D eigenvalue weighted by atomic mass is 10.1. The van der Waals surface area contributed by atoms with Gasteiger partial charge < -0.3 is 10.1 Å². The second kappa shape index (κ2) is 3.51. The zero-order chi connectivity index (χ0) is 11.0. The summed E-state index contributed by atoms with van der Waals surface area (Å²) >= 11 is 3.26. The number of H-pyrrole nitrogens is 1. The van der Waals surface area contributed by atoms with E-state index in [0.717, 1.165) is 9.99 Å². The molecule has 0 aliphatic heterocycles. The average Bonchev–Trinajstić information content (AvgIpc) is 2.59. The molecule has 4 nitrogen and oxygen atoms in total. The number of carbonyl (C=O) groups is 2. The van der Waals surface area contributed by atoms with Crippen LogP contribution < -0.4 is 0 Å². The van der Waals surface area contributed by atoms with Crippen molar-refractivity contribution in [1.82, 2.24) is 4.98 Å². The summed E-state index contributed by atoms with van der Waals surface area (Å²) in [6.45, 7) is 0. The number of hydrogen-bond acceptors (Lipinski definition) is 2. The summed E-state index contributed by atoms with van der Waals surface area (Å²) in [5.41, 5.74) is 0.918. The Morgan fingerprint density at radius 1 is 1.33 bits per heavy atom. The molecular formula is C10H6BrNO3. The van der Waals surface area contributed by atoms with Gasteiger partial charge in [0.1, 0.15) is 0 Å². The van der Waals surface area contributed by atoms with Gasteiger partial charge in [-0.25, -0.2) is 4.79 Å². The Morgan fingerprint density at radius 2 is 2.07 bits per heavy atom. The minimum Gasteiger partial charge on any atom is -0.475 e. The van der Waals surface area contributed by atoms with Crippen molar-refractivity contribution in [3.05, 3.63) is 34.4 Å². The second-order valence-electron chi connectivity index (χ2n) is 3.03. The second-order valence-corrected chi connectivity index (χ2v) is 3.94. The number of carbonyl (C=O) groups excluding carboxylic acids is 1. The average molecular weight is 268 g/mol. The number of halogens is 1. The third kappa shape index (κ3) is 1.66. The molecular weight excluding hydrogens is 262 g/mol. The highest BCUT2D eigenvalue weighted by Crippen LogP contribution is 2.22. The van der Waals surface area contributed by atoms with Crippen LogP contribution in [0.4, 0.5) is 0 Å². The van der Waals surface area contributed by atoms with E-state index >= 15 is 0 Å². The molecule has 0 amide bonds. The van der Waals surface area contributed by atoms with Crippen molar-refractivity contribution < 1.29 is 14.7 Å². The van der Waals surface area contributed by atoms with Gasteiger partial charge in [0.15, 0.2) is 0 Å². The molecule has 0 aliphatic carbocycles. The van der Waals surface area contributed by atoms with Gasteiger partial charge in [0.25, 0.3) is 5.78 Å². The van der Waals surface area contributed by atoms with Gasteiger partial charge in [0, 0.05) is 21.6 Å². The molecule has 2 N–H and O–H groups in total. The van der Waals surface area contributed by atoms with Crippen molar-refractivity contribution in [2.45, 2.75) is 0 Å². The number of aromatic amines is 1. The molecule has 2 aromatic rings. The molecule has 2 rings (SSSR count). The lowest BCUT2D eigenvalue weighted by Gasteiger charge is -1.94. The van der Waals surface area contributed by atoms with Crippen LogP contribution in [0.3, 0.4) is 0 Å². The highest BCUT2D eigenvalue weighted by atomic mass is 79.9. The quantitative estimate of drug-likeness (QED) is 0.648. The van der Waals surface area contributed by atoms with Crippen LogP contribution in [0.25, 0.3) is 10.9 Å². The fourth-order valence-corrected chi connectivity index (χ4v) is 1.76. The minimum atomic E-state index is -1.45. The first-order valence-electron chi connectivity index (χ1n) is 4.14. The van der Waals surface area contributed by atoms with Gasteiger partial charge in [-0.3, -0.25) is 4.79 Å². The molecule has 0 spiro atoms. The number of carboxylic acids is 1. The van der Waals surface area contributed by atoms with Gasteiger partial charge in [-0.15, -0.1) is 0 Å². The summed E-state index contributed by atoms with van der Waals surface area (Å²) in [7, 11) is 0. The summed E-state index contributed by atoms with van der Waals surface area (Å²) in [6, 6.07) is 5.30. The van der Waals surface area contributed by atoms with Crippen molar-refractivity contribution in [3.63, 3.8) is 0 Å². The van der Waals surface area contributed by atoms with Crippen molar-refractivity contribution >= 4 is 38.6 Å². The number of hydrogen-bond donors (Lipinski definition) is 2. The first-order chi connectivity index (χ1) is 7.09. The smallest absolute Gasteiger partial charge is 0.377 e. The molecule has 15 heavy (non-hydrogen) atoms. The highest BCUT2D eigenvalue weighted by molar-refractivity contribution is 9.10. The number of benzene rings is 1. The molecule has 1 heterocycles. The van der Waals surface area contributed by atoms with Gasteiger partial charge in [-0.1, -0.05) is 15.9 Å². The number of carboxylic acid groups (broad SMARTS) is 1. The third-order valence-electron chi connectivity index (χ3n) is 2.08. The van der Waals surface area contributed by atoms with E-state index < -0.39 is 11.8 Å². The number of nitrogens with one attached hydrogen (secondary N) is 1. The maximum atomic E-state index is 11.3. The highest BCUT2D eigenvalue weighted by Gasteiger charge is 2.18. The van der Waals surface area contributed by atoms with Crippen LogP contribution in [0.5, 0.6) is 0 Å². The maximum Gasteiger partial charge on any atom is 0.377 e. The van der Waals surface area contributed by atoms with Gasteiger partial charge in [0.2, 0.25) is 0 Å². The van der Waals surface area contributed by atoms with Gasteiger partial charge in [-0.2, -0.15) is 0 Å². The van der Waals surface area contributed by atoms with Crippen LogP contribution in [-0.4, -0.2) is 21.8 Å². The number of aliphatic carboxylic acids is 1. The molecule has 0 unspecified atom stereocenters. The van der Waals surface area contributed by atoms with Gasteiger partial charge >= 0.3 is 5.97 Å². The molecule has 0 aliphatic rings. The number of ketones is 1. The lowest BCUT2D eigenvalue weighted by Crippen LogP contribution is -2.11. The molecule has 0 bridgehead atoms. The standard InChI is InChI=1S/C10H6BrNO3/c11-5-1-2-8-6(3-5)7(4-12-8)9(13)10(14)15/h1-4,12H,(H,14,15). The number of Topliss-reactive ketones (excluding diaryl/α,β-unsaturated/α-hetero) is 1. The summed E-state index contributed by atoms with van der Waals surface area (Å²) in [4.78, 5) is 24.7. The number of rotatable bonds is 2. The largest absolute Gasteiger partial charge is 0.475 e. The predicted octanol–water partition coefficient (Wildman–Crippen LogP) is 2.20.